The molecule has 3 aromatic carbocycles. The van der Waals surface area contributed by atoms with Crippen molar-refractivity contribution in [3.8, 4) is 0 Å². The van der Waals surface area contributed by atoms with Gasteiger partial charge < -0.3 is 25.8 Å². The molecule has 264 valence electrons. The molecule has 4 rings (SSSR count). The minimum absolute atomic E-state index is 0.0112. The van der Waals surface area contributed by atoms with E-state index in [2.05, 4.69) is 16.0 Å². The van der Waals surface area contributed by atoms with Gasteiger partial charge in [0, 0.05) is 30.6 Å². The Hall–Kier alpha value is -4.26. The predicted octanol–water partition coefficient (Wildman–Crippen LogP) is 4.03. The lowest BCUT2D eigenvalue weighted by atomic mass is 9.87. The second-order valence-electron chi connectivity index (χ2n) is 13.4. The van der Waals surface area contributed by atoms with Crippen LogP contribution in [-0.4, -0.2) is 69.8 Å². The van der Waals surface area contributed by atoms with E-state index in [9.17, 15) is 27.9 Å². The van der Waals surface area contributed by atoms with Crippen LogP contribution >= 0.6 is 0 Å². The van der Waals surface area contributed by atoms with Crippen molar-refractivity contribution < 1.29 is 32.6 Å². The van der Waals surface area contributed by atoms with Crippen LogP contribution in [0.3, 0.4) is 0 Å². The molecule has 49 heavy (non-hydrogen) atoms. The van der Waals surface area contributed by atoms with Crippen LogP contribution in [0.5, 0.6) is 0 Å². The van der Waals surface area contributed by atoms with Crippen LogP contribution in [0.4, 0.5) is 5.69 Å². The van der Waals surface area contributed by atoms with Gasteiger partial charge in [-0.05, 0) is 53.1 Å². The summed E-state index contributed by atoms with van der Waals surface area (Å²) in [6, 6.07) is 19.7. The first-order valence-electron chi connectivity index (χ1n) is 16.5. The largest absolute Gasteiger partial charge is 0.391 e. The summed E-state index contributed by atoms with van der Waals surface area (Å²) in [5.74, 6) is -1.72. The zero-order valence-corrected chi connectivity index (χ0v) is 29.8. The predicted molar refractivity (Wildman–Crippen MR) is 190 cm³/mol. The third-order valence-corrected chi connectivity index (χ3v) is 9.87. The molecule has 0 spiro atoms. The maximum Gasteiger partial charge on any atom is 0.252 e. The Bertz CT molecular complexity index is 1730. The van der Waals surface area contributed by atoms with Crippen LogP contribution < -0.4 is 20.3 Å². The normalized spacial score (nSPS) is 18.5. The van der Waals surface area contributed by atoms with Crippen molar-refractivity contribution in [1.29, 1.82) is 0 Å². The highest BCUT2D eigenvalue weighted by atomic mass is 32.2. The molecule has 12 heteroatoms. The first-order valence-corrected chi connectivity index (χ1v) is 18.4. The molecule has 4 bridgehead atoms. The Labute approximate surface area is 289 Å². The number of ether oxygens (including phenoxy) is 1. The lowest BCUT2D eigenvalue weighted by Crippen LogP contribution is -2.48. The smallest absolute Gasteiger partial charge is 0.252 e. The summed E-state index contributed by atoms with van der Waals surface area (Å²) < 4.78 is 32.2. The number of hydrogen-bond acceptors (Lipinski definition) is 7. The van der Waals surface area contributed by atoms with E-state index in [1.54, 1.807) is 0 Å². The van der Waals surface area contributed by atoms with E-state index >= 15 is 0 Å². The molecular formula is C37H48N4O7S. The van der Waals surface area contributed by atoms with Crippen LogP contribution in [0.15, 0.2) is 72.8 Å². The molecule has 4 N–H and O–H groups in total. The summed E-state index contributed by atoms with van der Waals surface area (Å²) in [7, 11) is -2.42. The van der Waals surface area contributed by atoms with Gasteiger partial charge >= 0.3 is 0 Å². The SMILES string of the molecule is CC(C)CNC(=O)[C@@H](C[C@H](O)C1COCc2cccc(c2)C(c2ccccc2)NC(=O)c2cc(cc(N(C)S(C)(=O)=O)c2)C(=O)N1)C(C)C. The molecular weight excluding hydrogens is 644 g/mol. The van der Waals surface area contributed by atoms with Gasteiger partial charge in [-0.2, -0.15) is 0 Å². The number of carbonyl (C=O) groups excluding carboxylic acids is 3. The minimum Gasteiger partial charge on any atom is -0.391 e. The standard InChI is InChI=1S/C37H48N4O7S/c1-23(2)20-38-37(45)31(24(3)4)19-33(42)32-22-48-21-25-11-10-14-27(15-25)34(26-12-8-7-9-13-26)40-36(44)29-16-28(35(43)39-32)17-30(18-29)41(5)49(6,46)47/h7-18,23-24,31-34,42H,19-22H2,1-6H3,(H,38,45)(H,39,43)(H,40,44)/t31-,32?,33-,34?/m0/s1. The van der Waals surface area contributed by atoms with Crippen molar-refractivity contribution in [1.82, 2.24) is 16.0 Å². The second-order valence-corrected chi connectivity index (χ2v) is 15.5. The third-order valence-electron chi connectivity index (χ3n) is 8.66. The van der Waals surface area contributed by atoms with E-state index in [0.29, 0.717) is 6.54 Å². The van der Waals surface area contributed by atoms with Gasteiger partial charge in [0.25, 0.3) is 11.8 Å². The molecule has 0 aromatic heterocycles. The lowest BCUT2D eigenvalue weighted by molar-refractivity contribution is -0.128. The number of aliphatic hydroxyl groups excluding tert-OH is 1. The zero-order chi connectivity index (χ0) is 35.9. The van der Waals surface area contributed by atoms with E-state index in [0.717, 1.165) is 27.3 Å². The van der Waals surface area contributed by atoms with Crippen molar-refractivity contribution in [2.45, 2.75) is 58.9 Å². The summed E-state index contributed by atoms with van der Waals surface area (Å²) in [6.07, 6.45) is -0.0795. The Morgan fingerprint density at radius 3 is 2.18 bits per heavy atom. The number of anilines is 1. The number of sulfonamides is 1. The topological polar surface area (TPSA) is 154 Å². The average molecular weight is 693 g/mol. The van der Waals surface area contributed by atoms with Gasteiger partial charge in [0.2, 0.25) is 15.9 Å². The van der Waals surface area contributed by atoms with Crippen LogP contribution in [-0.2, 0) is 26.2 Å². The Balaban J connectivity index is 1.77. The Morgan fingerprint density at radius 2 is 1.57 bits per heavy atom. The number of carbonyl (C=O) groups is 3. The fraction of sp³-hybridized carbons (Fsp3) is 0.432. The number of benzene rings is 3. The lowest BCUT2D eigenvalue weighted by Gasteiger charge is -2.29. The van der Waals surface area contributed by atoms with Gasteiger partial charge in [0.05, 0.1) is 43.3 Å². The number of fused-ring (bicyclic) bond motifs is 4. The van der Waals surface area contributed by atoms with Gasteiger partial charge in [-0.15, -0.1) is 0 Å². The average Bonchev–Trinajstić information content (AvgIpc) is 3.06. The van der Waals surface area contributed by atoms with Crippen LogP contribution in [0.2, 0.25) is 0 Å². The van der Waals surface area contributed by atoms with Crippen LogP contribution in [0, 0.1) is 17.8 Å². The third kappa shape index (κ3) is 10.1. The highest BCUT2D eigenvalue weighted by Gasteiger charge is 2.31. The van der Waals surface area contributed by atoms with E-state index < -0.39 is 45.9 Å². The fourth-order valence-corrected chi connectivity index (χ4v) is 6.16. The van der Waals surface area contributed by atoms with Gasteiger partial charge in [-0.3, -0.25) is 18.7 Å². The maximum absolute atomic E-state index is 13.9. The molecule has 1 aliphatic rings. The number of nitrogens with zero attached hydrogens (tertiary/aromatic N) is 1. The second kappa shape index (κ2) is 16.4. The van der Waals surface area contributed by atoms with E-state index in [1.165, 1.54) is 25.2 Å². The molecule has 1 aliphatic heterocycles. The van der Waals surface area contributed by atoms with Crippen molar-refractivity contribution in [3.63, 3.8) is 0 Å². The molecule has 0 aliphatic carbocycles. The van der Waals surface area contributed by atoms with Crippen LogP contribution in [0.1, 0.15) is 77.6 Å². The van der Waals surface area contributed by atoms with E-state index in [-0.39, 0.29) is 54.2 Å². The molecule has 0 saturated carbocycles. The summed E-state index contributed by atoms with van der Waals surface area (Å²) >= 11 is 0. The minimum atomic E-state index is -3.76. The molecule has 2 unspecified atom stereocenters. The van der Waals surface area contributed by atoms with Crippen molar-refractivity contribution in [2.24, 2.45) is 17.8 Å². The summed E-state index contributed by atoms with van der Waals surface area (Å²) in [4.78, 5) is 40.9. The monoisotopic (exact) mass is 692 g/mol. The summed E-state index contributed by atoms with van der Waals surface area (Å²) in [5, 5.41) is 20.4. The number of nitrogens with one attached hydrogen (secondary N) is 3. The van der Waals surface area contributed by atoms with Crippen molar-refractivity contribution >= 4 is 33.4 Å². The highest BCUT2D eigenvalue weighted by molar-refractivity contribution is 7.92. The van der Waals surface area contributed by atoms with Crippen LogP contribution in [0.25, 0.3) is 0 Å². The van der Waals surface area contributed by atoms with E-state index in [4.69, 9.17) is 4.74 Å². The zero-order valence-electron chi connectivity index (χ0n) is 29.0. The molecule has 3 aromatic rings. The fourth-order valence-electron chi connectivity index (χ4n) is 5.67. The van der Waals surface area contributed by atoms with E-state index in [1.807, 2.05) is 82.3 Å². The Morgan fingerprint density at radius 1 is 0.939 bits per heavy atom. The first kappa shape index (κ1) is 37.6. The van der Waals surface area contributed by atoms with Gasteiger partial charge in [-0.25, -0.2) is 8.42 Å². The Kier molecular flexibility index (Phi) is 12.6. The van der Waals surface area contributed by atoms with Crippen molar-refractivity contribution in [2.75, 3.05) is 30.8 Å². The number of rotatable bonds is 10. The molecule has 0 radical (unpaired) electrons. The summed E-state index contributed by atoms with van der Waals surface area (Å²) in [5.41, 5.74) is 2.61. The first-order chi connectivity index (χ1) is 23.1. The van der Waals surface area contributed by atoms with Gasteiger partial charge in [0.15, 0.2) is 0 Å². The molecule has 11 nitrogen and oxygen atoms in total. The maximum atomic E-state index is 13.9. The molecule has 4 atom stereocenters. The number of amides is 3. The molecule has 0 saturated heterocycles. The highest BCUT2D eigenvalue weighted by Crippen LogP contribution is 2.27. The number of hydrogen-bond donors (Lipinski definition) is 4. The molecule has 0 fully saturated rings. The summed E-state index contributed by atoms with van der Waals surface area (Å²) in [6.45, 7) is 8.39. The van der Waals surface area contributed by atoms with Crippen molar-refractivity contribution in [3.05, 3.63) is 101 Å². The molecule has 1 heterocycles. The van der Waals surface area contributed by atoms with Gasteiger partial charge in [0.1, 0.15) is 0 Å². The number of aliphatic hydroxyl groups is 1. The molecule has 3 amide bonds. The van der Waals surface area contributed by atoms with Gasteiger partial charge in [-0.1, -0.05) is 82.3 Å². The quantitative estimate of drug-likeness (QED) is 0.250.